The quantitative estimate of drug-likeness (QED) is 0.731. The molecule has 0 aromatic heterocycles. The lowest BCUT2D eigenvalue weighted by atomic mass is 10.1. The van der Waals surface area contributed by atoms with Gasteiger partial charge in [0.2, 0.25) is 0 Å². The molecule has 0 amide bonds. The molecule has 0 spiro atoms. The number of nitrogens with zero attached hydrogens (tertiary/aromatic N) is 1. The number of ether oxygens (including phenoxy) is 1. The highest BCUT2D eigenvalue weighted by Gasteiger charge is 2.05. The molecule has 0 saturated heterocycles. The minimum Gasteiger partial charge on any atom is -0.495 e. The Balaban J connectivity index is 3.10. The third-order valence-corrected chi connectivity index (χ3v) is 1.85. The Hall–Kier alpha value is -1.97. The topological polar surface area (TPSA) is 59.0 Å². The van der Waals surface area contributed by atoms with Gasteiger partial charge in [-0.15, -0.1) is 0 Å². The predicted molar refractivity (Wildman–Crippen MR) is 58.3 cm³/mol. The summed E-state index contributed by atoms with van der Waals surface area (Å²) >= 11 is 0. The van der Waals surface area contributed by atoms with Crippen LogP contribution in [0.4, 0.5) is 0 Å². The summed E-state index contributed by atoms with van der Waals surface area (Å²) in [6.07, 6.45) is 0.627. The number of rotatable bonds is 2. The molecule has 2 N–H and O–H groups in total. The fraction of sp³-hybridized carbons (Fsp3) is 0.250. The molecule has 0 aliphatic carbocycles. The largest absolute Gasteiger partial charge is 0.495 e. The van der Waals surface area contributed by atoms with Crippen LogP contribution in [0.5, 0.6) is 5.75 Å². The zero-order valence-corrected chi connectivity index (χ0v) is 8.58. The van der Waals surface area contributed by atoms with Crippen molar-refractivity contribution in [2.75, 3.05) is 13.7 Å². The van der Waals surface area contributed by atoms with E-state index in [2.05, 4.69) is 17.9 Å². The lowest BCUT2D eigenvalue weighted by molar-refractivity contribution is 0.413. The highest BCUT2D eigenvalue weighted by Crippen LogP contribution is 2.20. The van der Waals surface area contributed by atoms with E-state index in [0.29, 0.717) is 29.8 Å². The number of nitrogens with two attached hydrogens (primary N) is 1. The van der Waals surface area contributed by atoms with Gasteiger partial charge in [0.05, 0.1) is 7.11 Å². The van der Waals surface area contributed by atoms with E-state index in [1.165, 1.54) is 7.11 Å². The normalized spacial score (nSPS) is 8.60. The van der Waals surface area contributed by atoms with Crippen LogP contribution < -0.4 is 10.5 Å². The molecule has 0 radical (unpaired) electrons. The fourth-order valence-electron chi connectivity index (χ4n) is 1.15. The Bertz CT molecular complexity index is 435. The molecule has 0 heterocycles. The number of benzene rings is 1. The minimum absolute atomic E-state index is 0.476. The average molecular weight is 200 g/mol. The van der Waals surface area contributed by atoms with E-state index in [1.54, 1.807) is 12.1 Å². The Morgan fingerprint density at radius 1 is 1.47 bits per heavy atom. The van der Waals surface area contributed by atoms with E-state index in [4.69, 9.17) is 15.7 Å². The van der Waals surface area contributed by atoms with Crippen LogP contribution in [0.3, 0.4) is 0 Å². The molecule has 0 fully saturated rings. The van der Waals surface area contributed by atoms with Crippen LogP contribution in [0.15, 0.2) is 18.2 Å². The van der Waals surface area contributed by atoms with Crippen molar-refractivity contribution in [1.82, 2.24) is 0 Å². The van der Waals surface area contributed by atoms with E-state index < -0.39 is 0 Å². The van der Waals surface area contributed by atoms with Crippen LogP contribution in [-0.2, 0) is 0 Å². The molecule has 0 saturated carbocycles. The highest BCUT2D eigenvalue weighted by atomic mass is 16.5. The maximum atomic E-state index is 8.96. The molecule has 0 unspecified atom stereocenters. The molecule has 0 atom stereocenters. The van der Waals surface area contributed by atoms with E-state index in [1.807, 2.05) is 6.07 Å². The Morgan fingerprint density at radius 2 is 2.27 bits per heavy atom. The third-order valence-electron chi connectivity index (χ3n) is 1.85. The number of hydrogen-bond acceptors (Lipinski definition) is 3. The standard InChI is InChI=1S/C12H12N2O/c1-15-12-7-4-6-10(11(12)9-14)5-2-3-8-13/h4,6-7H,3,8,13H2,1H3. The zero-order chi connectivity index (χ0) is 11.1. The van der Waals surface area contributed by atoms with Crippen LogP contribution in [0, 0.1) is 23.2 Å². The average Bonchev–Trinajstić information content (AvgIpc) is 2.29. The maximum absolute atomic E-state index is 8.96. The van der Waals surface area contributed by atoms with Crippen molar-refractivity contribution in [3.63, 3.8) is 0 Å². The predicted octanol–water partition coefficient (Wildman–Crippen LogP) is 1.27. The summed E-state index contributed by atoms with van der Waals surface area (Å²) in [6.45, 7) is 0.527. The van der Waals surface area contributed by atoms with Crippen LogP contribution in [-0.4, -0.2) is 13.7 Å². The maximum Gasteiger partial charge on any atom is 0.137 e. The van der Waals surface area contributed by atoms with Crippen LogP contribution in [0.2, 0.25) is 0 Å². The van der Waals surface area contributed by atoms with Crippen LogP contribution >= 0.6 is 0 Å². The summed E-state index contributed by atoms with van der Waals surface area (Å²) in [5.74, 6) is 6.36. The van der Waals surface area contributed by atoms with Gasteiger partial charge >= 0.3 is 0 Å². The Kier molecular flexibility index (Phi) is 4.22. The first-order valence-corrected chi connectivity index (χ1v) is 4.59. The van der Waals surface area contributed by atoms with Crippen molar-refractivity contribution in [2.45, 2.75) is 6.42 Å². The molecule has 1 aromatic rings. The highest BCUT2D eigenvalue weighted by molar-refractivity contribution is 5.55. The summed E-state index contributed by atoms with van der Waals surface area (Å²) in [6, 6.07) is 7.43. The molecule has 3 heteroatoms. The summed E-state index contributed by atoms with van der Waals surface area (Å²) in [4.78, 5) is 0. The fourth-order valence-corrected chi connectivity index (χ4v) is 1.15. The molecule has 0 aliphatic heterocycles. The first kappa shape index (κ1) is 11.1. The second kappa shape index (κ2) is 5.70. The second-order valence-electron chi connectivity index (χ2n) is 2.84. The molecule has 0 aliphatic rings. The first-order chi connectivity index (χ1) is 7.33. The van der Waals surface area contributed by atoms with Gasteiger partial charge in [-0.3, -0.25) is 0 Å². The van der Waals surface area contributed by atoms with Crippen LogP contribution in [0.25, 0.3) is 0 Å². The lowest BCUT2D eigenvalue weighted by Gasteiger charge is -2.02. The third kappa shape index (κ3) is 2.74. The van der Waals surface area contributed by atoms with E-state index in [0.717, 1.165) is 0 Å². The van der Waals surface area contributed by atoms with Gasteiger partial charge in [-0.05, 0) is 12.1 Å². The Labute approximate surface area is 89.5 Å². The van der Waals surface area contributed by atoms with Gasteiger partial charge in [-0.1, -0.05) is 17.9 Å². The number of nitriles is 1. The van der Waals surface area contributed by atoms with Crippen molar-refractivity contribution in [2.24, 2.45) is 5.73 Å². The monoisotopic (exact) mass is 200 g/mol. The van der Waals surface area contributed by atoms with E-state index in [9.17, 15) is 0 Å². The van der Waals surface area contributed by atoms with Crippen molar-refractivity contribution in [3.8, 4) is 23.7 Å². The van der Waals surface area contributed by atoms with E-state index >= 15 is 0 Å². The SMILES string of the molecule is COc1cccc(C#CCCN)c1C#N. The molecule has 15 heavy (non-hydrogen) atoms. The molecule has 0 bridgehead atoms. The molecule has 1 rings (SSSR count). The minimum atomic E-state index is 0.476. The first-order valence-electron chi connectivity index (χ1n) is 4.59. The van der Waals surface area contributed by atoms with Gasteiger partial charge in [0.25, 0.3) is 0 Å². The zero-order valence-electron chi connectivity index (χ0n) is 8.58. The van der Waals surface area contributed by atoms with Crippen molar-refractivity contribution >= 4 is 0 Å². The number of hydrogen-bond donors (Lipinski definition) is 1. The van der Waals surface area contributed by atoms with Crippen molar-refractivity contribution < 1.29 is 4.74 Å². The van der Waals surface area contributed by atoms with Crippen LogP contribution in [0.1, 0.15) is 17.5 Å². The van der Waals surface area contributed by atoms with Gasteiger partial charge in [-0.2, -0.15) is 5.26 Å². The summed E-state index contributed by atoms with van der Waals surface area (Å²) < 4.78 is 5.07. The Morgan fingerprint density at radius 3 is 2.87 bits per heavy atom. The van der Waals surface area contributed by atoms with E-state index in [-0.39, 0.29) is 0 Å². The summed E-state index contributed by atoms with van der Waals surface area (Å²) in [5.41, 5.74) is 6.49. The van der Waals surface area contributed by atoms with Gasteiger partial charge in [-0.25, -0.2) is 0 Å². The van der Waals surface area contributed by atoms with Crippen molar-refractivity contribution in [1.29, 1.82) is 5.26 Å². The molecule has 1 aromatic carbocycles. The number of methoxy groups -OCH3 is 1. The molecule has 76 valence electrons. The molecule has 3 nitrogen and oxygen atoms in total. The van der Waals surface area contributed by atoms with Gasteiger partial charge < -0.3 is 10.5 Å². The second-order valence-corrected chi connectivity index (χ2v) is 2.84. The summed E-state index contributed by atoms with van der Waals surface area (Å²) in [7, 11) is 1.53. The molecular weight excluding hydrogens is 188 g/mol. The smallest absolute Gasteiger partial charge is 0.137 e. The molecular formula is C12H12N2O. The van der Waals surface area contributed by atoms with Gasteiger partial charge in [0.1, 0.15) is 17.4 Å². The van der Waals surface area contributed by atoms with Crippen molar-refractivity contribution in [3.05, 3.63) is 29.3 Å². The lowest BCUT2D eigenvalue weighted by Crippen LogP contribution is -1.96. The van der Waals surface area contributed by atoms with Gasteiger partial charge in [0, 0.05) is 18.5 Å². The summed E-state index contributed by atoms with van der Waals surface area (Å²) in [5, 5.41) is 8.96. The van der Waals surface area contributed by atoms with Gasteiger partial charge in [0.15, 0.2) is 0 Å².